The largest absolute Gasteiger partial charge is 0.340 e. The van der Waals surface area contributed by atoms with Crippen molar-refractivity contribution in [3.8, 4) is 0 Å². The maximum atomic E-state index is 12.7. The Morgan fingerprint density at radius 3 is 2.35 bits per heavy atom. The molecular formula is C13H17BrFNO. The minimum atomic E-state index is -0.261. The molecule has 2 nitrogen and oxygen atoms in total. The van der Waals surface area contributed by atoms with Gasteiger partial charge in [0.05, 0.1) is 4.83 Å². The van der Waals surface area contributed by atoms with Gasteiger partial charge in [-0.2, -0.15) is 0 Å². The molecule has 1 aromatic carbocycles. The molecule has 0 aliphatic rings. The second-order valence-electron chi connectivity index (χ2n) is 4.47. The number of alkyl halides is 1. The molecule has 1 unspecified atom stereocenters. The van der Waals surface area contributed by atoms with Crippen molar-refractivity contribution in [2.24, 2.45) is 5.92 Å². The number of amides is 1. The van der Waals surface area contributed by atoms with E-state index in [1.807, 2.05) is 13.8 Å². The Kier molecular flexibility index (Phi) is 5.12. The summed E-state index contributed by atoms with van der Waals surface area (Å²) in [7, 11) is 1.75. The van der Waals surface area contributed by atoms with Crippen LogP contribution in [-0.2, 0) is 11.3 Å². The highest BCUT2D eigenvalue weighted by molar-refractivity contribution is 9.10. The van der Waals surface area contributed by atoms with Gasteiger partial charge in [0, 0.05) is 13.6 Å². The van der Waals surface area contributed by atoms with Crippen LogP contribution in [0.5, 0.6) is 0 Å². The first-order valence-corrected chi connectivity index (χ1v) is 6.47. The Balaban J connectivity index is 2.63. The topological polar surface area (TPSA) is 20.3 Å². The summed E-state index contributed by atoms with van der Waals surface area (Å²) in [5, 5.41) is 0. The van der Waals surface area contributed by atoms with Crippen LogP contribution in [0.2, 0.25) is 0 Å². The molecule has 1 aromatic rings. The van der Waals surface area contributed by atoms with E-state index in [0.717, 1.165) is 5.56 Å². The fourth-order valence-electron chi connectivity index (χ4n) is 1.44. The van der Waals surface area contributed by atoms with Gasteiger partial charge in [-0.3, -0.25) is 4.79 Å². The zero-order chi connectivity index (χ0) is 13.0. The molecular weight excluding hydrogens is 285 g/mol. The number of nitrogens with zero attached hydrogens (tertiary/aromatic N) is 1. The van der Waals surface area contributed by atoms with Crippen LogP contribution in [0, 0.1) is 11.7 Å². The number of rotatable bonds is 4. The third kappa shape index (κ3) is 4.11. The summed E-state index contributed by atoms with van der Waals surface area (Å²) in [4.78, 5) is 13.4. The third-order valence-electron chi connectivity index (χ3n) is 2.53. The molecule has 1 rings (SSSR count). The number of carbonyl (C=O) groups excluding carboxylic acids is 1. The van der Waals surface area contributed by atoms with Crippen LogP contribution in [0.1, 0.15) is 19.4 Å². The second kappa shape index (κ2) is 6.15. The van der Waals surface area contributed by atoms with Crippen LogP contribution < -0.4 is 0 Å². The number of halogens is 2. The SMILES string of the molecule is CC(C)C(Br)C(=O)N(C)Cc1ccc(F)cc1. The summed E-state index contributed by atoms with van der Waals surface area (Å²) in [5.41, 5.74) is 0.922. The van der Waals surface area contributed by atoms with Crippen molar-refractivity contribution in [3.05, 3.63) is 35.6 Å². The summed E-state index contributed by atoms with van der Waals surface area (Å²) >= 11 is 3.38. The van der Waals surface area contributed by atoms with E-state index >= 15 is 0 Å². The van der Waals surface area contributed by atoms with E-state index in [2.05, 4.69) is 15.9 Å². The van der Waals surface area contributed by atoms with E-state index in [9.17, 15) is 9.18 Å². The van der Waals surface area contributed by atoms with E-state index < -0.39 is 0 Å². The summed E-state index contributed by atoms with van der Waals surface area (Å²) in [6.07, 6.45) is 0. The van der Waals surface area contributed by atoms with Crippen molar-refractivity contribution >= 4 is 21.8 Å². The van der Waals surface area contributed by atoms with Crippen molar-refractivity contribution in [3.63, 3.8) is 0 Å². The Hall–Kier alpha value is -0.900. The van der Waals surface area contributed by atoms with Gasteiger partial charge >= 0.3 is 0 Å². The minimum absolute atomic E-state index is 0.0457. The molecule has 0 saturated carbocycles. The molecule has 0 radical (unpaired) electrons. The number of carbonyl (C=O) groups is 1. The van der Waals surface area contributed by atoms with E-state index in [1.165, 1.54) is 12.1 Å². The molecule has 4 heteroatoms. The lowest BCUT2D eigenvalue weighted by atomic mass is 10.1. The smallest absolute Gasteiger partial charge is 0.236 e. The second-order valence-corrected chi connectivity index (χ2v) is 5.45. The maximum Gasteiger partial charge on any atom is 0.236 e. The van der Waals surface area contributed by atoms with Crippen LogP contribution in [0.3, 0.4) is 0 Å². The standard InChI is InChI=1S/C13H17BrFNO/c1-9(2)12(14)13(17)16(3)8-10-4-6-11(15)7-5-10/h4-7,9,12H,8H2,1-3H3. The molecule has 0 fully saturated rings. The van der Waals surface area contributed by atoms with E-state index in [1.54, 1.807) is 24.1 Å². The lowest BCUT2D eigenvalue weighted by Crippen LogP contribution is -2.35. The minimum Gasteiger partial charge on any atom is -0.340 e. The highest BCUT2D eigenvalue weighted by atomic mass is 79.9. The lowest BCUT2D eigenvalue weighted by Gasteiger charge is -2.22. The first kappa shape index (κ1) is 14.2. The fourth-order valence-corrected chi connectivity index (χ4v) is 1.79. The normalized spacial score (nSPS) is 12.6. The Morgan fingerprint density at radius 2 is 1.88 bits per heavy atom. The van der Waals surface area contributed by atoms with Crippen LogP contribution in [0.25, 0.3) is 0 Å². The summed E-state index contributed by atoms with van der Waals surface area (Å²) < 4.78 is 12.7. The van der Waals surface area contributed by atoms with Crippen molar-refractivity contribution in [2.75, 3.05) is 7.05 Å². The Labute approximate surface area is 110 Å². The van der Waals surface area contributed by atoms with Gasteiger partial charge in [-0.1, -0.05) is 41.9 Å². The molecule has 0 bridgehead atoms. The summed E-state index contributed by atoms with van der Waals surface area (Å²) in [6, 6.07) is 6.19. The van der Waals surface area contributed by atoms with E-state index in [0.29, 0.717) is 6.54 Å². The van der Waals surface area contributed by atoms with Gasteiger partial charge in [0.1, 0.15) is 5.82 Å². The first-order chi connectivity index (χ1) is 7.91. The molecule has 0 N–H and O–H groups in total. The van der Waals surface area contributed by atoms with Gasteiger partial charge < -0.3 is 4.90 Å². The highest BCUT2D eigenvalue weighted by Gasteiger charge is 2.22. The van der Waals surface area contributed by atoms with Crippen LogP contribution in [-0.4, -0.2) is 22.7 Å². The fraction of sp³-hybridized carbons (Fsp3) is 0.462. The van der Waals surface area contributed by atoms with Gasteiger partial charge in [0.2, 0.25) is 5.91 Å². The molecule has 0 aromatic heterocycles. The number of hydrogen-bond acceptors (Lipinski definition) is 1. The van der Waals surface area contributed by atoms with Crippen molar-refractivity contribution in [1.82, 2.24) is 4.90 Å². The number of benzene rings is 1. The molecule has 0 spiro atoms. The molecule has 94 valence electrons. The maximum absolute atomic E-state index is 12.7. The van der Waals surface area contributed by atoms with Crippen LogP contribution >= 0.6 is 15.9 Å². The zero-order valence-corrected chi connectivity index (χ0v) is 11.9. The lowest BCUT2D eigenvalue weighted by molar-refractivity contribution is -0.130. The quantitative estimate of drug-likeness (QED) is 0.782. The molecule has 0 aliphatic heterocycles. The molecule has 0 aliphatic carbocycles. The molecule has 0 heterocycles. The summed E-state index contributed by atoms with van der Waals surface area (Å²) in [6.45, 7) is 4.47. The summed E-state index contributed by atoms with van der Waals surface area (Å²) in [5.74, 6) is 0.0331. The van der Waals surface area contributed by atoms with Gasteiger partial charge in [-0.05, 0) is 23.6 Å². The zero-order valence-electron chi connectivity index (χ0n) is 10.3. The average Bonchev–Trinajstić information content (AvgIpc) is 2.30. The molecule has 17 heavy (non-hydrogen) atoms. The Morgan fingerprint density at radius 1 is 1.35 bits per heavy atom. The molecule has 1 amide bonds. The third-order valence-corrected chi connectivity index (χ3v) is 3.98. The predicted molar refractivity (Wildman–Crippen MR) is 70.4 cm³/mol. The predicted octanol–water partition coefficient (Wildman–Crippen LogP) is 3.20. The van der Waals surface area contributed by atoms with Gasteiger partial charge in [-0.15, -0.1) is 0 Å². The van der Waals surface area contributed by atoms with E-state index in [-0.39, 0.29) is 22.5 Å². The van der Waals surface area contributed by atoms with Crippen molar-refractivity contribution < 1.29 is 9.18 Å². The van der Waals surface area contributed by atoms with Gasteiger partial charge in [0.15, 0.2) is 0 Å². The Bertz CT molecular complexity index is 378. The number of hydrogen-bond donors (Lipinski definition) is 0. The monoisotopic (exact) mass is 301 g/mol. The molecule has 1 atom stereocenters. The van der Waals surface area contributed by atoms with Crippen LogP contribution in [0.15, 0.2) is 24.3 Å². The van der Waals surface area contributed by atoms with Crippen LogP contribution in [0.4, 0.5) is 4.39 Å². The average molecular weight is 302 g/mol. The highest BCUT2D eigenvalue weighted by Crippen LogP contribution is 2.16. The van der Waals surface area contributed by atoms with Crippen molar-refractivity contribution in [1.29, 1.82) is 0 Å². The molecule has 0 saturated heterocycles. The van der Waals surface area contributed by atoms with E-state index in [4.69, 9.17) is 0 Å². The van der Waals surface area contributed by atoms with Gasteiger partial charge in [0.25, 0.3) is 0 Å². The van der Waals surface area contributed by atoms with Crippen molar-refractivity contribution in [2.45, 2.75) is 25.2 Å². The first-order valence-electron chi connectivity index (χ1n) is 5.55. The van der Waals surface area contributed by atoms with Gasteiger partial charge in [-0.25, -0.2) is 4.39 Å².